The van der Waals surface area contributed by atoms with Crippen LogP contribution in [0.1, 0.15) is 31.1 Å². The van der Waals surface area contributed by atoms with E-state index in [4.69, 9.17) is 5.11 Å². The Morgan fingerprint density at radius 2 is 2.32 bits per heavy atom. The smallest absolute Gasteiger partial charge is 0.245 e. The van der Waals surface area contributed by atoms with Crippen molar-refractivity contribution >= 4 is 37.3 Å². The maximum absolute atomic E-state index is 12.6. The summed E-state index contributed by atoms with van der Waals surface area (Å²) in [6, 6.07) is 1.57. The predicted octanol–water partition coefficient (Wildman–Crippen LogP) is 2.81. The molecule has 0 aliphatic carbocycles. The summed E-state index contributed by atoms with van der Waals surface area (Å²) >= 11 is 4.57. The quantitative estimate of drug-likeness (QED) is 0.889. The molecule has 19 heavy (non-hydrogen) atoms. The van der Waals surface area contributed by atoms with Crippen LogP contribution in [-0.4, -0.2) is 30.9 Å². The third-order valence-corrected chi connectivity index (χ3v) is 7.64. The molecule has 7 heteroatoms. The van der Waals surface area contributed by atoms with E-state index in [9.17, 15) is 8.42 Å². The molecular formula is C12H18BrNO3S2. The van der Waals surface area contributed by atoms with Gasteiger partial charge in [0.05, 0.1) is 10.4 Å². The highest BCUT2D eigenvalue weighted by molar-refractivity contribution is 9.11. The lowest BCUT2D eigenvalue weighted by molar-refractivity contribution is 0.261. The van der Waals surface area contributed by atoms with Gasteiger partial charge in [-0.1, -0.05) is 13.3 Å². The standard InChI is InChI=1S/C12H18BrNO3S2/c1-2-9-4-3-5-14(7-9)19(16,17)11-6-10(8-15)18-12(11)13/h6,9,15H,2-5,7-8H2,1H3. The van der Waals surface area contributed by atoms with Crippen LogP contribution < -0.4 is 0 Å². The minimum atomic E-state index is -3.44. The number of hydrogen-bond donors (Lipinski definition) is 1. The molecule has 108 valence electrons. The first kappa shape index (κ1) is 15.4. The first-order chi connectivity index (χ1) is 8.98. The summed E-state index contributed by atoms with van der Waals surface area (Å²) in [5.74, 6) is 0.457. The maximum atomic E-state index is 12.6. The Hall–Kier alpha value is 0.0500. The molecule has 1 aliphatic heterocycles. The van der Waals surface area contributed by atoms with Crippen molar-refractivity contribution < 1.29 is 13.5 Å². The fourth-order valence-corrected chi connectivity index (χ4v) is 6.42. The molecule has 0 amide bonds. The predicted molar refractivity (Wildman–Crippen MR) is 79.7 cm³/mol. The number of piperidine rings is 1. The van der Waals surface area contributed by atoms with Gasteiger partial charge < -0.3 is 5.11 Å². The molecule has 0 spiro atoms. The molecule has 0 bridgehead atoms. The minimum Gasteiger partial charge on any atom is -0.391 e. The van der Waals surface area contributed by atoms with Gasteiger partial charge in [0, 0.05) is 18.0 Å². The van der Waals surface area contributed by atoms with E-state index in [1.165, 1.54) is 11.3 Å². The second-order valence-corrected chi connectivity index (χ2v) is 9.15. The molecule has 1 aromatic rings. The van der Waals surface area contributed by atoms with Gasteiger partial charge in [-0.3, -0.25) is 0 Å². The van der Waals surface area contributed by atoms with Crippen LogP contribution in [0.4, 0.5) is 0 Å². The Bertz CT molecular complexity index is 541. The number of nitrogens with zero attached hydrogens (tertiary/aromatic N) is 1. The summed E-state index contributed by atoms with van der Waals surface area (Å²) in [5.41, 5.74) is 0. The number of hydrogen-bond acceptors (Lipinski definition) is 4. The van der Waals surface area contributed by atoms with E-state index in [0.29, 0.717) is 32.6 Å². The fourth-order valence-electron chi connectivity index (χ4n) is 2.37. The normalized spacial score (nSPS) is 21.7. The zero-order valence-corrected chi connectivity index (χ0v) is 14.0. The Balaban J connectivity index is 2.28. The van der Waals surface area contributed by atoms with Crippen LogP contribution in [0.3, 0.4) is 0 Å². The zero-order chi connectivity index (χ0) is 14.0. The molecule has 1 saturated heterocycles. The van der Waals surface area contributed by atoms with Crippen molar-refractivity contribution in [1.82, 2.24) is 4.31 Å². The van der Waals surface area contributed by atoms with Gasteiger partial charge in [-0.2, -0.15) is 4.31 Å². The summed E-state index contributed by atoms with van der Waals surface area (Å²) in [4.78, 5) is 0.952. The van der Waals surface area contributed by atoms with Crippen molar-refractivity contribution in [3.8, 4) is 0 Å². The molecule has 0 aromatic carbocycles. The van der Waals surface area contributed by atoms with Crippen molar-refractivity contribution in [1.29, 1.82) is 0 Å². The molecular weight excluding hydrogens is 350 g/mol. The average molecular weight is 368 g/mol. The van der Waals surface area contributed by atoms with E-state index in [1.807, 2.05) is 0 Å². The first-order valence-corrected chi connectivity index (χ1v) is 9.43. The molecule has 0 saturated carbocycles. The lowest BCUT2D eigenvalue weighted by Gasteiger charge is -2.31. The molecule has 1 unspecified atom stereocenters. The zero-order valence-electron chi connectivity index (χ0n) is 10.8. The van der Waals surface area contributed by atoms with Gasteiger partial charge in [-0.15, -0.1) is 11.3 Å². The molecule has 4 nitrogen and oxygen atoms in total. The summed E-state index contributed by atoms with van der Waals surface area (Å²) in [5, 5.41) is 9.11. The second kappa shape index (κ2) is 6.22. The van der Waals surface area contributed by atoms with Crippen LogP contribution in [0.5, 0.6) is 0 Å². The molecule has 2 heterocycles. The van der Waals surface area contributed by atoms with Gasteiger partial charge >= 0.3 is 0 Å². The number of aliphatic hydroxyl groups is 1. The van der Waals surface area contributed by atoms with Crippen molar-refractivity contribution in [2.45, 2.75) is 37.7 Å². The van der Waals surface area contributed by atoms with E-state index in [1.54, 1.807) is 10.4 Å². The van der Waals surface area contributed by atoms with Gasteiger partial charge in [-0.25, -0.2) is 8.42 Å². The monoisotopic (exact) mass is 367 g/mol. The highest BCUT2D eigenvalue weighted by Crippen LogP contribution is 2.35. The number of halogens is 1. The third kappa shape index (κ3) is 3.21. The number of sulfonamides is 1. The average Bonchev–Trinajstić information content (AvgIpc) is 2.81. The third-order valence-electron chi connectivity index (χ3n) is 3.54. The lowest BCUT2D eigenvalue weighted by Crippen LogP contribution is -2.39. The summed E-state index contributed by atoms with van der Waals surface area (Å²) in [7, 11) is -3.44. The van der Waals surface area contributed by atoms with Gasteiger partial charge in [0.2, 0.25) is 10.0 Å². The van der Waals surface area contributed by atoms with Crippen LogP contribution in [0, 0.1) is 5.92 Å². The van der Waals surface area contributed by atoms with Crippen molar-refractivity contribution in [3.05, 3.63) is 14.7 Å². The molecule has 1 N–H and O–H groups in total. The van der Waals surface area contributed by atoms with Crippen molar-refractivity contribution in [2.24, 2.45) is 5.92 Å². The SMILES string of the molecule is CCC1CCCN(S(=O)(=O)c2cc(CO)sc2Br)C1. The van der Waals surface area contributed by atoms with Crippen molar-refractivity contribution in [3.63, 3.8) is 0 Å². The molecule has 1 atom stereocenters. The van der Waals surface area contributed by atoms with E-state index >= 15 is 0 Å². The number of rotatable bonds is 4. The number of thiophene rings is 1. The Morgan fingerprint density at radius 1 is 1.58 bits per heavy atom. The molecule has 0 radical (unpaired) electrons. The topological polar surface area (TPSA) is 57.6 Å². The van der Waals surface area contributed by atoms with Crippen LogP contribution in [0.15, 0.2) is 14.7 Å². The largest absolute Gasteiger partial charge is 0.391 e. The van der Waals surface area contributed by atoms with Crippen molar-refractivity contribution in [2.75, 3.05) is 13.1 Å². The van der Waals surface area contributed by atoms with Gasteiger partial charge in [0.15, 0.2) is 0 Å². The maximum Gasteiger partial charge on any atom is 0.245 e. The lowest BCUT2D eigenvalue weighted by atomic mass is 9.97. The van der Waals surface area contributed by atoms with E-state index in [0.717, 1.165) is 19.3 Å². The fraction of sp³-hybridized carbons (Fsp3) is 0.667. The Labute approximate surface area is 126 Å². The summed E-state index contributed by atoms with van der Waals surface area (Å²) in [6.07, 6.45) is 3.04. The van der Waals surface area contributed by atoms with E-state index in [-0.39, 0.29) is 6.61 Å². The van der Waals surface area contributed by atoms with Gasteiger partial charge in [0.1, 0.15) is 4.90 Å². The van der Waals surface area contributed by atoms with Crippen LogP contribution in [-0.2, 0) is 16.6 Å². The minimum absolute atomic E-state index is 0.129. The van der Waals surface area contributed by atoms with Crippen LogP contribution >= 0.6 is 27.3 Å². The number of aliphatic hydroxyl groups excluding tert-OH is 1. The van der Waals surface area contributed by atoms with Gasteiger partial charge in [0.25, 0.3) is 0 Å². The van der Waals surface area contributed by atoms with E-state index < -0.39 is 10.0 Å². The highest BCUT2D eigenvalue weighted by atomic mass is 79.9. The first-order valence-electron chi connectivity index (χ1n) is 6.38. The Kier molecular flexibility index (Phi) is 5.05. The summed E-state index contributed by atoms with van der Waals surface area (Å²) in [6.45, 7) is 3.17. The Morgan fingerprint density at radius 3 is 2.89 bits per heavy atom. The second-order valence-electron chi connectivity index (χ2n) is 4.79. The van der Waals surface area contributed by atoms with Crippen LogP contribution in [0.25, 0.3) is 0 Å². The van der Waals surface area contributed by atoms with E-state index in [2.05, 4.69) is 22.9 Å². The van der Waals surface area contributed by atoms with Crippen LogP contribution in [0.2, 0.25) is 0 Å². The van der Waals surface area contributed by atoms with Gasteiger partial charge in [-0.05, 0) is 40.8 Å². The molecule has 1 fully saturated rings. The molecule has 1 aliphatic rings. The summed E-state index contributed by atoms with van der Waals surface area (Å²) < 4.78 is 27.4. The molecule has 2 rings (SSSR count). The molecule has 1 aromatic heterocycles. The highest BCUT2D eigenvalue weighted by Gasteiger charge is 2.32.